The van der Waals surface area contributed by atoms with Crippen molar-refractivity contribution in [3.63, 3.8) is 0 Å². The molecule has 0 fully saturated rings. The Morgan fingerprint density at radius 1 is 1.56 bits per heavy atom. The average molecular weight is 259 g/mol. The number of fused-ring (bicyclic) bond motifs is 1. The number of benzene rings is 1. The number of aliphatic hydroxyl groups is 1. The summed E-state index contributed by atoms with van der Waals surface area (Å²) in [7, 11) is 1.65. The van der Waals surface area contributed by atoms with Crippen molar-refractivity contribution in [2.75, 3.05) is 7.11 Å². The zero-order chi connectivity index (χ0) is 11.7. The Kier molecular flexibility index (Phi) is 3.67. The van der Waals surface area contributed by atoms with Gasteiger partial charge in [-0.15, -0.1) is 0 Å². The van der Waals surface area contributed by atoms with E-state index in [9.17, 15) is 5.11 Å². The smallest absolute Gasteiger partial charge is 0.123 e. The average Bonchev–Trinajstić information content (AvgIpc) is 2.30. The molecule has 88 valence electrons. The van der Waals surface area contributed by atoms with Gasteiger partial charge in [0.25, 0.3) is 0 Å². The minimum Gasteiger partial charge on any atom is -0.496 e. The van der Waals surface area contributed by atoms with E-state index >= 15 is 0 Å². The summed E-state index contributed by atoms with van der Waals surface area (Å²) < 4.78 is 5.30. The van der Waals surface area contributed by atoms with Gasteiger partial charge in [0.1, 0.15) is 5.75 Å². The summed E-state index contributed by atoms with van der Waals surface area (Å²) >= 11 is 7.93. The maximum Gasteiger partial charge on any atom is 0.123 e. The summed E-state index contributed by atoms with van der Waals surface area (Å²) in [6.07, 6.45) is 0.458. The third kappa shape index (κ3) is 1.92. The van der Waals surface area contributed by atoms with Crippen LogP contribution in [0.5, 0.6) is 5.75 Å². The van der Waals surface area contributed by atoms with Gasteiger partial charge < -0.3 is 9.84 Å². The third-order valence-corrected chi connectivity index (χ3v) is 4.78. The summed E-state index contributed by atoms with van der Waals surface area (Å²) in [4.78, 5) is 0. The fourth-order valence-corrected chi connectivity index (χ4v) is 3.61. The second-order valence-electron chi connectivity index (χ2n) is 3.84. The summed E-state index contributed by atoms with van der Waals surface area (Å²) in [5, 5.41) is 11.1. The Morgan fingerprint density at radius 2 is 2.31 bits per heavy atom. The molecule has 0 aliphatic carbocycles. The predicted molar refractivity (Wildman–Crippen MR) is 68.3 cm³/mol. The molecular formula is C12H15ClO2S. The SMILES string of the molecule is CCC1SCc2c(OC)ccc(Cl)c2C1O. The van der Waals surface area contributed by atoms with Gasteiger partial charge in [0, 0.05) is 27.2 Å². The van der Waals surface area contributed by atoms with Crippen LogP contribution in [0.15, 0.2) is 12.1 Å². The third-order valence-electron chi connectivity index (χ3n) is 2.97. The Bertz CT molecular complexity index is 395. The van der Waals surface area contributed by atoms with Gasteiger partial charge in [-0.1, -0.05) is 18.5 Å². The van der Waals surface area contributed by atoms with Gasteiger partial charge in [0.2, 0.25) is 0 Å². The number of ether oxygens (including phenoxy) is 1. The highest BCUT2D eigenvalue weighted by atomic mass is 35.5. The van der Waals surface area contributed by atoms with Crippen LogP contribution in [0, 0.1) is 0 Å². The summed E-state index contributed by atoms with van der Waals surface area (Å²) in [5.41, 5.74) is 1.89. The normalized spacial score (nSPS) is 24.0. The Labute approximate surface area is 105 Å². The second-order valence-corrected chi connectivity index (χ2v) is 5.48. The lowest BCUT2D eigenvalue weighted by Gasteiger charge is -2.30. The quantitative estimate of drug-likeness (QED) is 0.882. The molecule has 4 heteroatoms. The Morgan fingerprint density at radius 3 is 2.94 bits per heavy atom. The molecule has 1 aromatic carbocycles. The van der Waals surface area contributed by atoms with Crippen molar-refractivity contribution >= 4 is 23.4 Å². The van der Waals surface area contributed by atoms with Gasteiger partial charge in [0.15, 0.2) is 0 Å². The highest BCUT2D eigenvalue weighted by Crippen LogP contribution is 2.45. The molecule has 0 saturated carbocycles. The van der Waals surface area contributed by atoms with Crippen LogP contribution < -0.4 is 4.74 Å². The molecule has 1 N–H and O–H groups in total. The van der Waals surface area contributed by atoms with Crippen molar-refractivity contribution in [2.24, 2.45) is 0 Å². The van der Waals surface area contributed by atoms with Crippen molar-refractivity contribution in [2.45, 2.75) is 30.5 Å². The second kappa shape index (κ2) is 4.86. The van der Waals surface area contributed by atoms with Crippen molar-refractivity contribution in [1.29, 1.82) is 0 Å². The van der Waals surface area contributed by atoms with Crippen molar-refractivity contribution < 1.29 is 9.84 Å². The van der Waals surface area contributed by atoms with Gasteiger partial charge in [0.05, 0.1) is 13.2 Å². The van der Waals surface area contributed by atoms with E-state index in [1.165, 1.54) is 0 Å². The maximum absolute atomic E-state index is 10.3. The lowest BCUT2D eigenvalue weighted by molar-refractivity contribution is 0.169. The van der Waals surface area contributed by atoms with E-state index in [1.54, 1.807) is 24.9 Å². The van der Waals surface area contributed by atoms with Crippen LogP contribution >= 0.6 is 23.4 Å². The van der Waals surface area contributed by atoms with Crippen LogP contribution in [0.1, 0.15) is 30.6 Å². The molecule has 0 aromatic heterocycles. The van der Waals surface area contributed by atoms with E-state index in [0.717, 1.165) is 29.1 Å². The fraction of sp³-hybridized carbons (Fsp3) is 0.500. The van der Waals surface area contributed by atoms with Gasteiger partial charge >= 0.3 is 0 Å². The monoisotopic (exact) mass is 258 g/mol. The van der Waals surface area contributed by atoms with Gasteiger partial charge in [-0.05, 0) is 18.6 Å². The number of aliphatic hydroxyl groups excluding tert-OH is 1. The number of rotatable bonds is 2. The van der Waals surface area contributed by atoms with Crippen LogP contribution in [-0.4, -0.2) is 17.5 Å². The fourth-order valence-electron chi connectivity index (χ4n) is 2.08. The minimum absolute atomic E-state index is 0.233. The van der Waals surface area contributed by atoms with E-state index in [1.807, 2.05) is 6.07 Å². The molecule has 1 heterocycles. The molecule has 16 heavy (non-hydrogen) atoms. The maximum atomic E-state index is 10.3. The number of thioether (sulfide) groups is 1. The molecule has 0 saturated heterocycles. The van der Waals surface area contributed by atoms with Gasteiger partial charge in [-0.2, -0.15) is 11.8 Å². The van der Waals surface area contributed by atoms with E-state index in [0.29, 0.717) is 5.02 Å². The van der Waals surface area contributed by atoms with E-state index in [2.05, 4.69) is 6.92 Å². The molecule has 1 aliphatic rings. The lowest BCUT2D eigenvalue weighted by Crippen LogP contribution is -2.21. The summed E-state index contributed by atoms with van der Waals surface area (Å²) in [5.74, 6) is 1.68. The van der Waals surface area contributed by atoms with E-state index in [4.69, 9.17) is 16.3 Å². The van der Waals surface area contributed by atoms with E-state index < -0.39 is 6.10 Å². The molecule has 2 rings (SSSR count). The minimum atomic E-state index is -0.485. The van der Waals surface area contributed by atoms with Crippen LogP contribution in [-0.2, 0) is 5.75 Å². The van der Waals surface area contributed by atoms with Crippen LogP contribution in [0.25, 0.3) is 0 Å². The highest BCUT2D eigenvalue weighted by molar-refractivity contribution is 7.99. The lowest BCUT2D eigenvalue weighted by atomic mass is 9.98. The molecule has 0 bridgehead atoms. The first kappa shape index (κ1) is 12.1. The first-order valence-corrected chi connectivity index (χ1v) is 6.76. The number of hydrogen-bond acceptors (Lipinski definition) is 3. The molecular weight excluding hydrogens is 244 g/mol. The standard InChI is InChI=1S/C12H15ClO2S/c1-3-10-12(14)11-7(6-16-10)9(15-2)5-4-8(11)13/h4-5,10,12,14H,3,6H2,1-2H3. The Hall–Kier alpha value is -0.380. The van der Waals surface area contributed by atoms with Crippen LogP contribution in [0.2, 0.25) is 5.02 Å². The van der Waals surface area contributed by atoms with Crippen LogP contribution in [0.3, 0.4) is 0 Å². The van der Waals surface area contributed by atoms with Gasteiger partial charge in [-0.25, -0.2) is 0 Å². The topological polar surface area (TPSA) is 29.5 Å². The Balaban J connectivity index is 2.50. The van der Waals surface area contributed by atoms with Crippen molar-refractivity contribution in [3.8, 4) is 5.75 Å². The zero-order valence-corrected chi connectivity index (χ0v) is 10.9. The molecule has 1 aromatic rings. The van der Waals surface area contributed by atoms with E-state index in [-0.39, 0.29) is 5.25 Å². The summed E-state index contributed by atoms with van der Waals surface area (Å²) in [6, 6.07) is 3.66. The molecule has 2 unspecified atom stereocenters. The molecule has 1 aliphatic heterocycles. The molecule has 0 amide bonds. The van der Waals surface area contributed by atoms with Gasteiger partial charge in [-0.3, -0.25) is 0 Å². The number of hydrogen-bond donors (Lipinski definition) is 1. The first-order chi connectivity index (χ1) is 7.69. The predicted octanol–water partition coefficient (Wildman–Crippen LogP) is 3.41. The molecule has 0 radical (unpaired) electrons. The van der Waals surface area contributed by atoms with Crippen molar-refractivity contribution in [3.05, 3.63) is 28.3 Å². The highest BCUT2D eigenvalue weighted by Gasteiger charge is 2.31. The van der Waals surface area contributed by atoms with Crippen LogP contribution in [0.4, 0.5) is 0 Å². The number of halogens is 1. The largest absolute Gasteiger partial charge is 0.496 e. The first-order valence-electron chi connectivity index (χ1n) is 5.34. The molecule has 2 nitrogen and oxygen atoms in total. The molecule has 0 spiro atoms. The molecule has 2 atom stereocenters. The zero-order valence-electron chi connectivity index (χ0n) is 9.37. The number of methoxy groups -OCH3 is 1. The summed E-state index contributed by atoms with van der Waals surface area (Å²) in [6.45, 7) is 2.08. The van der Waals surface area contributed by atoms with Crippen molar-refractivity contribution in [1.82, 2.24) is 0 Å².